The van der Waals surface area contributed by atoms with Crippen LogP contribution in [-0.2, 0) is 19.1 Å². The van der Waals surface area contributed by atoms with Gasteiger partial charge in [0.1, 0.15) is 11.1 Å². The first-order chi connectivity index (χ1) is 9.60. The van der Waals surface area contributed by atoms with E-state index in [0.29, 0.717) is 6.41 Å². The Morgan fingerprint density at radius 1 is 1.29 bits per heavy atom. The summed E-state index contributed by atoms with van der Waals surface area (Å²) in [6, 6.07) is 0. The van der Waals surface area contributed by atoms with Gasteiger partial charge in [0.2, 0.25) is 12.3 Å². The van der Waals surface area contributed by atoms with Gasteiger partial charge in [0.25, 0.3) is 0 Å². The second kappa shape index (κ2) is 6.03. The smallest absolute Gasteiger partial charge is 0.306 e. The van der Waals surface area contributed by atoms with Crippen molar-refractivity contribution in [1.82, 2.24) is 10.6 Å². The van der Waals surface area contributed by atoms with Gasteiger partial charge >= 0.3 is 5.97 Å². The van der Waals surface area contributed by atoms with E-state index in [1.54, 1.807) is 20.8 Å². The lowest BCUT2D eigenvalue weighted by molar-refractivity contribution is -0.155. The Morgan fingerprint density at radius 2 is 1.86 bits per heavy atom. The summed E-state index contributed by atoms with van der Waals surface area (Å²) in [7, 11) is 1.53. The number of rotatable bonds is 7. The summed E-state index contributed by atoms with van der Waals surface area (Å²) in [5.41, 5.74) is -1.93. The summed E-state index contributed by atoms with van der Waals surface area (Å²) in [6.07, 6.45) is 2.54. The SMILES string of the molecule is CNC(=O)C(CCC(=O)OC(C)(C)C)(NC=O)C1(C)CC1. The molecule has 0 saturated heterocycles. The van der Waals surface area contributed by atoms with Crippen molar-refractivity contribution in [2.75, 3.05) is 7.05 Å². The van der Waals surface area contributed by atoms with Crippen LogP contribution in [0.25, 0.3) is 0 Å². The quantitative estimate of drug-likeness (QED) is 0.545. The number of hydrogen-bond donors (Lipinski definition) is 2. The van der Waals surface area contributed by atoms with Crippen LogP contribution in [-0.4, -0.2) is 36.5 Å². The minimum Gasteiger partial charge on any atom is -0.460 e. The molecule has 6 nitrogen and oxygen atoms in total. The molecule has 120 valence electrons. The molecule has 0 heterocycles. The van der Waals surface area contributed by atoms with Crippen molar-refractivity contribution in [3.63, 3.8) is 0 Å². The molecule has 0 radical (unpaired) electrons. The van der Waals surface area contributed by atoms with Gasteiger partial charge in [-0.3, -0.25) is 14.4 Å². The van der Waals surface area contributed by atoms with Gasteiger partial charge in [0, 0.05) is 13.5 Å². The van der Waals surface area contributed by atoms with Gasteiger partial charge in [-0.05, 0) is 45.4 Å². The number of carbonyl (C=O) groups is 3. The molecular weight excluding hydrogens is 272 g/mol. The van der Waals surface area contributed by atoms with Gasteiger partial charge in [-0.25, -0.2) is 0 Å². The number of esters is 1. The summed E-state index contributed by atoms with van der Waals surface area (Å²) in [4.78, 5) is 35.2. The predicted molar refractivity (Wildman–Crippen MR) is 78.4 cm³/mol. The monoisotopic (exact) mass is 298 g/mol. The van der Waals surface area contributed by atoms with E-state index in [4.69, 9.17) is 4.74 Å². The van der Waals surface area contributed by atoms with Crippen molar-refractivity contribution in [2.24, 2.45) is 5.41 Å². The van der Waals surface area contributed by atoms with Crippen LogP contribution in [0.1, 0.15) is 53.4 Å². The fraction of sp³-hybridized carbons (Fsp3) is 0.800. The van der Waals surface area contributed by atoms with Crippen LogP contribution in [0.3, 0.4) is 0 Å². The lowest BCUT2D eigenvalue weighted by atomic mass is 9.77. The van der Waals surface area contributed by atoms with E-state index in [0.717, 1.165) is 12.8 Å². The summed E-state index contributed by atoms with van der Waals surface area (Å²) in [6.45, 7) is 7.34. The van der Waals surface area contributed by atoms with Gasteiger partial charge in [-0.1, -0.05) is 6.92 Å². The summed E-state index contributed by atoms with van der Waals surface area (Å²) < 4.78 is 5.27. The minimum absolute atomic E-state index is 0.0844. The molecular formula is C15H26N2O4. The Bertz CT molecular complexity index is 424. The van der Waals surface area contributed by atoms with Crippen LogP contribution >= 0.6 is 0 Å². The van der Waals surface area contributed by atoms with Gasteiger partial charge in [-0.2, -0.15) is 0 Å². The average molecular weight is 298 g/mol. The van der Waals surface area contributed by atoms with Gasteiger partial charge in [-0.15, -0.1) is 0 Å². The number of nitrogens with one attached hydrogen (secondary N) is 2. The second-order valence-electron chi connectivity index (χ2n) is 6.89. The molecule has 0 aromatic heterocycles. The van der Waals surface area contributed by atoms with Crippen LogP contribution in [0.5, 0.6) is 0 Å². The molecule has 2 amide bonds. The maximum atomic E-state index is 12.3. The number of ether oxygens (including phenoxy) is 1. The summed E-state index contributed by atoms with van der Waals surface area (Å²) in [5, 5.41) is 5.26. The van der Waals surface area contributed by atoms with E-state index in [2.05, 4.69) is 10.6 Å². The maximum Gasteiger partial charge on any atom is 0.306 e. The zero-order chi connectivity index (χ0) is 16.3. The average Bonchev–Trinajstić information content (AvgIpc) is 3.11. The maximum absolute atomic E-state index is 12.3. The van der Waals surface area contributed by atoms with Crippen molar-refractivity contribution in [1.29, 1.82) is 0 Å². The Labute approximate surface area is 126 Å². The first kappa shape index (κ1) is 17.5. The van der Waals surface area contributed by atoms with Crippen LogP contribution in [0, 0.1) is 5.41 Å². The highest BCUT2D eigenvalue weighted by molar-refractivity contribution is 5.90. The van der Waals surface area contributed by atoms with Crippen LogP contribution in [0.15, 0.2) is 0 Å². The first-order valence-corrected chi connectivity index (χ1v) is 7.26. The zero-order valence-electron chi connectivity index (χ0n) is 13.5. The van der Waals surface area contributed by atoms with Gasteiger partial charge in [0.05, 0.1) is 0 Å². The number of likely N-dealkylation sites (N-methyl/N-ethyl adjacent to an activating group) is 1. The zero-order valence-corrected chi connectivity index (χ0v) is 13.5. The number of hydrogen-bond acceptors (Lipinski definition) is 4. The summed E-state index contributed by atoms with van der Waals surface area (Å²) >= 11 is 0. The highest BCUT2D eigenvalue weighted by atomic mass is 16.6. The molecule has 1 atom stereocenters. The van der Waals surface area contributed by atoms with E-state index in [9.17, 15) is 14.4 Å². The predicted octanol–water partition coefficient (Wildman–Crippen LogP) is 1.14. The molecule has 21 heavy (non-hydrogen) atoms. The third-order valence-electron chi connectivity index (χ3n) is 4.07. The largest absolute Gasteiger partial charge is 0.460 e. The molecule has 1 aliphatic carbocycles. The van der Waals surface area contributed by atoms with Crippen LogP contribution in [0.4, 0.5) is 0 Å². The molecule has 1 rings (SSSR count). The van der Waals surface area contributed by atoms with Crippen molar-refractivity contribution in [3.05, 3.63) is 0 Å². The number of amides is 2. The van der Waals surface area contributed by atoms with E-state index in [-0.39, 0.29) is 30.1 Å². The van der Waals surface area contributed by atoms with Crippen LogP contribution < -0.4 is 10.6 Å². The molecule has 0 bridgehead atoms. The van der Waals surface area contributed by atoms with Gasteiger partial charge < -0.3 is 15.4 Å². The molecule has 1 saturated carbocycles. The highest BCUT2D eigenvalue weighted by Gasteiger charge is 2.59. The van der Waals surface area contributed by atoms with E-state index in [1.165, 1.54) is 7.05 Å². The Balaban J connectivity index is 2.85. The summed E-state index contributed by atoms with van der Waals surface area (Å²) in [5.74, 6) is -0.633. The first-order valence-electron chi connectivity index (χ1n) is 7.26. The topological polar surface area (TPSA) is 84.5 Å². The van der Waals surface area contributed by atoms with E-state index >= 15 is 0 Å². The molecule has 1 aliphatic rings. The fourth-order valence-electron chi connectivity index (χ4n) is 2.61. The van der Waals surface area contributed by atoms with Crippen molar-refractivity contribution < 1.29 is 19.1 Å². The Kier molecular flexibility index (Phi) is 5.02. The molecule has 2 N–H and O–H groups in total. The minimum atomic E-state index is -1.06. The number of carbonyl (C=O) groups excluding carboxylic acids is 3. The molecule has 0 aliphatic heterocycles. The van der Waals surface area contributed by atoms with E-state index < -0.39 is 11.1 Å². The van der Waals surface area contributed by atoms with E-state index in [1.807, 2.05) is 6.92 Å². The lowest BCUT2D eigenvalue weighted by Crippen LogP contribution is -2.61. The van der Waals surface area contributed by atoms with Crippen LogP contribution in [0.2, 0.25) is 0 Å². The molecule has 0 aromatic rings. The molecule has 1 unspecified atom stereocenters. The second-order valence-corrected chi connectivity index (χ2v) is 6.89. The fourth-order valence-corrected chi connectivity index (χ4v) is 2.61. The van der Waals surface area contributed by atoms with Crippen molar-refractivity contribution >= 4 is 18.3 Å². The lowest BCUT2D eigenvalue weighted by Gasteiger charge is -2.37. The van der Waals surface area contributed by atoms with Gasteiger partial charge in [0.15, 0.2) is 0 Å². The molecule has 0 spiro atoms. The van der Waals surface area contributed by atoms with Crippen molar-refractivity contribution in [3.8, 4) is 0 Å². The highest BCUT2D eigenvalue weighted by Crippen LogP contribution is 2.55. The standard InChI is InChI=1S/C15H26N2O4/c1-13(2,3)21-11(19)6-7-15(17-10-18,12(20)16-5)14(4)8-9-14/h10H,6-9H2,1-5H3,(H,16,20)(H,17,18). The Morgan fingerprint density at radius 3 is 2.24 bits per heavy atom. The molecule has 6 heteroatoms. The third-order valence-corrected chi connectivity index (χ3v) is 4.07. The molecule has 0 aromatic carbocycles. The van der Waals surface area contributed by atoms with Crippen molar-refractivity contribution in [2.45, 2.75) is 64.5 Å². The normalized spacial score (nSPS) is 19.1. The Hall–Kier alpha value is -1.59. The third kappa shape index (κ3) is 3.95. The molecule has 1 fully saturated rings.